The molecule has 0 saturated heterocycles. The fraction of sp³-hybridized carbons (Fsp3) is 0.0714. The van der Waals surface area contributed by atoms with E-state index in [0.717, 1.165) is 9.13 Å². The summed E-state index contributed by atoms with van der Waals surface area (Å²) in [5, 5.41) is 2.68. The number of rotatable bonds is 2. The number of nitrogens with one attached hydrogen (secondary N) is 1. The maximum Gasteiger partial charge on any atom is 0.258 e. The number of hydrogen-bond donors (Lipinski definition) is 1. The van der Waals surface area contributed by atoms with Gasteiger partial charge in [0.25, 0.3) is 5.91 Å². The molecule has 1 N–H and O–H groups in total. The van der Waals surface area contributed by atoms with Crippen LogP contribution in [-0.2, 0) is 0 Å². The van der Waals surface area contributed by atoms with Crippen LogP contribution in [0, 0.1) is 16.3 Å². The van der Waals surface area contributed by atoms with Gasteiger partial charge in [-0.15, -0.1) is 0 Å². The number of aryl methyl sites for hydroxylation is 1. The number of benzene rings is 2. The zero-order valence-corrected chi connectivity index (χ0v) is 11.9. The summed E-state index contributed by atoms with van der Waals surface area (Å²) in [6.45, 7) is 1.78. The molecule has 0 radical (unpaired) electrons. The van der Waals surface area contributed by atoms with Gasteiger partial charge in [0.15, 0.2) is 0 Å². The van der Waals surface area contributed by atoms with Crippen LogP contribution in [0.5, 0.6) is 0 Å². The van der Waals surface area contributed by atoms with E-state index >= 15 is 0 Å². The first-order chi connectivity index (χ1) is 8.56. The van der Waals surface area contributed by atoms with Gasteiger partial charge in [-0.3, -0.25) is 4.79 Å². The van der Waals surface area contributed by atoms with Crippen LogP contribution >= 0.6 is 22.6 Å². The standard InChI is InChI=1S/C14H11FINO/c1-9-5-6-12(13(15)7-9)14(18)17-11-4-2-3-10(16)8-11/h2-8H,1H3,(H,17,18). The molecule has 0 heterocycles. The average molecular weight is 355 g/mol. The van der Waals surface area contributed by atoms with Crippen LogP contribution in [0.3, 0.4) is 0 Å². The second-order valence-corrected chi connectivity index (χ2v) is 5.19. The highest BCUT2D eigenvalue weighted by atomic mass is 127. The van der Waals surface area contributed by atoms with E-state index in [4.69, 9.17) is 0 Å². The maximum atomic E-state index is 13.6. The summed E-state index contributed by atoms with van der Waals surface area (Å²) in [6.07, 6.45) is 0. The van der Waals surface area contributed by atoms with Crippen LogP contribution in [0.1, 0.15) is 15.9 Å². The summed E-state index contributed by atoms with van der Waals surface area (Å²) in [5.41, 5.74) is 1.50. The molecule has 0 aliphatic rings. The molecule has 0 atom stereocenters. The molecule has 0 fully saturated rings. The van der Waals surface area contributed by atoms with Gasteiger partial charge in [-0.1, -0.05) is 12.1 Å². The molecule has 0 aliphatic carbocycles. The lowest BCUT2D eigenvalue weighted by molar-refractivity contribution is 0.102. The predicted molar refractivity (Wildman–Crippen MR) is 78.2 cm³/mol. The highest BCUT2D eigenvalue weighted by molar-refractivity contribution is 14.1. The Hall–Kier alpha value is -1.43. The van der Waals surface area contributed by atoms with Crippen molar-refractivity contribution in [1.82, 2.24) is 0 Å². The van der Waals surface area contributed by atoms with Crippen LogP contribution in [-0.4, -0.2) is 5.91 Å². The molecule has 2 aromatic carbocycles. The molecule has 2 nitrogen and oxygen atoms in total. The Balaban J connectivity index is 2.22. The van der Waals surface area contributed by atoms with Crippen molar-refractivity contribution < 1.29 is 9.18 Å². The zero-order chi connectivity index (χ0) is 13.1. The Morgan fingerprint density at radius 2 is 2.00 bits per heavy atom. The molecule has 0 aliphatic heterocycles. The van der Waals surface area contributed by atoms with Crippen molar-refractivity contribution in [2.75, 3.05) is 5.32 Å². The molecule has 18 heavy (non-hydrogen) atoms. The van der Waals surface area contributed by atoms with E-state index in [2.05, 4.69) is 27.9 Å². The Labute approximate surface area is 118 Å². The van der Waals surface area contributed by atoms with Crippen molar-refractivity contribution >= 4 is 34.2 Å². The SMILES string of the molecule is Cc1ccc(C(=O)Nc2cccc(I)c2)c(F)c1. The van der Waals surface area contributed by atoms with E-state index in [-0.39, 0.29) is 5.56 Å². The third-order valence-electron chi connectivity index (χ3n) is 2.45. The highest BCUT2D eigenvalue weighted by Crippen LogP contribution is 2.15. The van der Waals surface area contributed by atoms with Gasteiger partial charge < -0.3 is 5.32 Å². The number of anilines is 1. The minimum atomic E-state index is -0.502. The molecule has 4 heteroatoms. The van der Waals surface area contributed by atoms with Gasteiger partial charge in [0, 0.05) is 9.26 Å². The third-order valence-corrected chi connectivity index (χ3v) is 3.12. The Kier molecular flexibility index (Phi) is 3.96. The van der Waals surface area contributed by atoms with Crippen molar-refractivity contribution in [3.63, 3.8) is 0 Å². The average Bonchev–Trinajstić information content (AvgIpc) is 2.28. The molecule has 0 saturated carbocycles. The van der Waals surface area contributed by atoms with Crippen LogP contribution in [0.15, 0.2) is 42.5 Å². The molecule has 1 amide bonds. The monoisotopic (exact) mass is 355 g/mol. The summed E-state index contributed by atoms with van der Waals surface area (Å²) in [6, 6.07) is 11.9. The molecule has 92 valence electrons. The minimum Gasteiger partial charge on any atom is -0.322 e. The van der Waals surface area contributed by atoms with Crippen molar-refractivity contribution in [3.8, 4) is 0 Å². The van der Waals surface area contributed by atoms with E-state index in [1.807, 2.05) is 18.2 Å². The highest BCUT2D eigenvalue weighted by Gasteiger charge is 2.11. The van der Waals surface area contributed by atoms with E-state index in [1.165, 1.54) is 12.1 Å². The van der Waals surface area contributed by atoms with Crippen molar-refractivity contribution in [2.24, 2.45) is 0 Å². The summed E-state index contributed by atoms with van der Waals surface area (Å²) >= 11 is 2.15. The predicted octanol–water partition coefficient (Wildman–Crippen LogP) is 3.99. The first-order valence-corrected chi connectivity index (χ1v) is 6.47. The second-order valence-electron chi connectivity index (χ2n) is 3.95. The molecule has 0 aromatic heterocycles. The number of halogens is 2. The Morgan fingerprint density at radius 1 is 1.22 bits per heavy atom. The van der Waals surface area contributed by atoms with Gasteiger partial charge in [-0.05, 0) is 65.4 Å². The van der Waals surface area contributed by atoms with Crippen LogP contribution < -0.4 is 5.32 Å². The van der Waals surface area contributed by atoms with E-state index in [0.29, 0.717) is 5.69 Å². The number of carbonyl (C=O) groups is 1. The molecule has 2 rings (SSSR count). The largest absolute Gasteiger partial charge is 0.322 e. The van der Waals surface area contributed by atoms with Gasteiger partial charge in [0.05, 0.1) is 5.56 Å². The number of carbonyl (C=O) groups excluding carboxylic acids is 1. The lowest BCUT2D eigenvalue weighted by Crippen LogP contribution is -2.13. The van der Waals surface area contributed by atoms with Crippen LogP contribution in [0.4, 0.5) is 10.1 Å². The second kappa shape index (κ2) is 5.48. The third kappa shape index (κ3) is 3.07. The first-order valence-electron chi connectivity index (χ1n) is 5.39. The molecule has 0 unspecified atom stereocenters. The summed E-state index contributed by atoms with van der Waals surface area (Å²) in [7, 11) is 0. The topological polar surface area (TPSA) is 29.1 Å². The summed E-state index contributed by atoms with van der Waals surface area (Å²) in [5.74, 6) is -0.937. The van der Waals surface area contributed by atoms with Gasteiger partial charge in [-0.2, -0.15) is 0 Å². The number of amides is 1. The molecule has 0 bridgehead atoms. The van der Waals surface area contributed by atoms with E-state index in [1.54, 1.807) is 19.1 Å². The van der Waals surface area contributed by atoms with Crippen LogP contribution in [0.25, 0.3) is 0 Å². The summed E-state index contributed by atoms with van der Waals surface area (Å²) < 4.78 is 14.6. The maximum absolute atomic E-state index is 13.6. The van der Waals surface area contributed by atoms with Gasteiger partial charge in [-0.25, -0.2) is 4.39 Å². The smallest absolute Gasteiger partial charge is 0.258 e. The quantitative estimate of drug-likeness (QED) is 0.811. The van der Waals surface area contributed by atoms with Crippen molar-refractivity contribution in [1.29, 1.82) is 0 Å². The zero-order valence-electron chi connectivity index (χ0n) is 9.71. The fourth-order valence-electron chi connectivity index (χ4n) is 1.57. The van der Waals surface area contributed by atoms with Crippen molar-refractivity contribution in [3.05, 3.63) is 63.0 Å². The Morgan fingerprint density at radius 3 is 2.67 bits per heavy atom. The van der Waals surface area contributed by atoms with Gasteiger partial charge in [0.2, 0.25) is 0 Å². The lowest BCUT2D eigenvalue weighted by Gasteiger charge is -2.07. The van der Waals surface area contributed by atoms with Crippen LogP contribution in [0.2, 0.25) is 0 Å². The Bertz CT molecular complexity index is 598. The van der Waals surface area contributed by atoms with Gasteiger partial charge in [0.1, 0.15) is 5.82 Å². The van der Waals surface area contributed by atoms with E-state index in [9.17, 15) is 9.18 Å². The van der Waals surface area contributed by atoms with Gasteiger partial charge >= 0.3 is 0 Å². The molecule has 2 aromatic rings. The summed E-state index contributed by atoms with van der Waals surface area (Å²) in [4.78, 5) is 11.9. The normalized spacial score (nSPS) is 10.2. The molecular weight excluding hydrogens is 344 g/mol. The molecule has 0 spiro atoms. The molecular formula is C14H11FINO. The fourth-order valence-corrected chi connectivity index (χ4v) is 2.11. The minimum absolute atomic E-state index is 0.0551. The number of hydrogen-bond acceptors (Lipinski definition) is 1. The van der Waals surface area contributed by atoms with E-state index < -0.39 is 11.7 Å². The van der Waals surface area contributed by atoms with Crippen molar-refractivity contribution in [2.45, 2.75) is 6.92 Å². The lowest BCUT2D eigenvalue weighted by atomic mass is 10.1. The first kappa shape index (κ1) is 13.0.